The van der Waals surface area contributed by atoms with Crippen molar-refractivity contribution >= 4 is 46.2 Å². The molecular formula is C13H10Cl2N2OS. The third-order valence-electron chi connectivity index (χ3n) is 2.41. The molecule has 0 aliphatic carbocycles. The second-order valence-electron chi connectivity index (χ2n) is 3.74. The van der Waals surface area contributed by atoms with E-state index in [1.807, 2.05) is 11.4 Å². The summed E-state index contributed by atoms with van der Waals surface area (Å²) in [5.74, 6) is -0.227. The van der Waals surface area contributed by atoms with Crippen LogP contribution in [0.3, 0.4) is 0 Å². The van der Waals surface area contributed by atoms with Crippen LogP contribution in [0.15, 0.2) is 40.8 Å². The molecule has 0 spiro atoms. The summed E-state index contributed by atoms with van der Waals surface area (Å²) in [5.41, 5.74) is 3.96. The molecule has 2 aromatic rings. The van der Waals surface area contributed by atoms with Gasteiger partial charge in [0, 0.05) is 0 Å². The van der Waals surface area contributed by atoms with Gasteiger partial charge in [0.05, 0.1) is 20.6 Å². The molecule has 0 saturated heterocycles. The number of hydrogen-bond donors (Lipinski definition) is 1. The first kappa shape index (κ1) is 14.1. The lowest BCUT2D eigenvalue weighted by Crippen LogP contribution is -2.18. The predicted octanol–water partition coefficient (Wildman–Crippen LogP) is 4.21. The minimum atomic E-state index is -0.227. The van der Waals surface area contributed by atoms with Crippen LogP contribution in [0.2, 0.25) is 10.0 Å². The van der Waals surface area contributed by atoms with Gasteiger partial charge in [0.1, 0.15) is 0 Å². The van der Waals surface area contributed by atoms with Gasteiger partial charge in [-0.3, -0.25) is 4.79 Å². The normalized spacial score (nSPS) is 11.4. The number of hydrogen-bond acceptors (Lipinski definition) is 3. The fourth-order valence-electron chi connectivity index (χ4n) is 1.38. The lowest BCUT2D eigenvalue weighted by atomic mass is 10.1. The Morgan fingerprint density at radius 1 is 1.26 bits per heavy atom. The van der Waals surface area contributed by atoms with Gasteiger partial charge in [-0.25, -0.2) is 5.43 Å². The zero-order valence-corrected chi connectivity index (χ0v) is 12.3. The molecule has 0 atom stereocenters. The van der Waals surface area contributed by atoms with Crippen LogP contribution < -0.4 is 5.43 Å². The molecule has 1 aromatic carbocycles. The van der Waals surface area contributed by atoms with Gasteiger partial charge in [-0.05, 0) is 36.1 Å². The summed E-state index contributed by atoms with van der Waals surface area (Å²) in [5, 5.41) is 6.82. The van der Waals surface area contributed by atoms with E-state index in [1.165, 1.54) is 11.3 Å². The number of amides is 1. The summed E-state index contributed by atoms with van der Waals surface area (Å²) in [7, 11) is 0. The van der Waals surface area contributed by atoms with E-state index < -0.39 is 0 Å². The highest BCUT2D eigenvalue weighted by Gasteiger charge is 2.06. The van der Waals surface area contributed by atoms with E-state index in [-0.39, 0.29) is 5.91 Å². The van der Waals surface area contributed by atoms with Crippen molar-refractivity contribution in [1.29, 1.82) is 0 Å². The van der Waals surface area contributed by atoms with Crippen LogP contribution >= 0.6 is 34.5 Å². The molecule has 1 N–H and O–H groups in total. The highest BCUT2D eigenvalue weighted by Crippen LogP contribution is 2.22. The average Bonchev–Trinajstić information content (AvgIpc) is 2.92. The summed E-state index contributed by atoms with van der Waals surface area (Å²) in [6.07, 6.45) is 0. The van der Waals surface area contributed by atoms with Gasteiger partial charge < -0.3 is 0 Å². The maximum Gasteiger partial charge on any atom is 0.281 e. The zero-order valence-electron chi connectivity index (χ0n) is 9.98. The van der Waals surface area contributed by atoms with Gasteiger partial charge >= 0.3 is 0 Å². The van der Waals surface area contributed by atoms with Gasteiger partial charge in [0.15, 0.2) is 0 Å². The summed E-state index contributed by atoms with van der Waals surface area (Å²) < 4.78 is 0. The standard InChI is InChI=1S/C13H10Cl2N2OS/c1-8(9-4-5-10(14)11(15)7-9)16-17-13(18)12-3-2-6-19-12/h2-7H,1H3,(H,17,18). The SMILES string of the molecule is CC(=NNC(=O)c1cccs1)c1ccc(Cl)c(Cl)c1. The van der Waals surface area contributed by atoms with Crippen LogP contribution in [-0.2, 0) is 0 Å². The van der Waals surface area contributed by atoms with E-state index in [2.05, 4.69) is 10.5 Å². The minimum absolute atomic E-state index is 0.227. The molecule has 0 fully saturated rings. The molecule has 0 unspecified atom stereocenters. The van der Waals surface area contributed by atoms with Crippen molar-refractivity contribution in [3.63, 3.8) is 0 Å². The topological polar surface area (TPSA) is 41.5 Å². The number of nitrogens with zero attached hydrogens (tertiary/aromatic N) is 1. The molecule has 6 heteroatoms. The maximum absolute atomic E-state index is 11.7. The predicted molar refractivity (Wildman–Crippen MR) is 80.5 cm³/mol. The molecule has 0 aliphatic heterocycles. The van der Waals surface area contributed by atoms with Crippen molar-refractivity contribution in [3.05, 3.63) is 56.2 Å². The molecule has 1 aromatic heterocycles. The highest BCUT2D eigenvalue weighted by molar-refractivity contribution is 7.12. The van der Waals surface area contributed by atoms with Gasteiger partial charge in [0.25, 0.3) is 5.91 Å². The Labute approximate surface area is 124 Å². The van der Waals surface area contributed by atoms with Crippen molar-refractivity contribution in [2.24, 2.45) is 5.10 Å². The number of hydrazone groups is 1. The van der Waals surface area contributed by atoms with Gasteiger partial charge in [0.2, 0.25) is 0 Å². The van der Waals surface area contributed by atoms with E-state index in [4.69, 9.17) is 23.2 Å². The second-order valence-corrected chi connectivity index (χ2v) is 5.51. The molecule has 19 heavy (non-hydrogen) atoms. The number of thiophene rings is 1. The van der Waals surface area contributed by atoms with Crippen LogP contribution in [0.1, 0.15) is 22.2 Å². The Hall–Kier alpha value is -1.36. The minimum Gasteiger partial charge on any atom is -0.266 e. The first-order valence-electron chi connectivity index (χ1n) is 5.41. The number of benzene rings is 1. The smallest absolute Gasteiger partial charge is 0.266 e. The number of carbonyl (C=O) groups excluding carboxylic acids is 1. The lowest BCUT2D eigenvalue weighted by molar-refractivity contribution is 0.0959. The van der Waals surface area contributed by atoms with Crippen LogP contribution in [0.5, 0.6) is 0 Å². The van der Waals surface area contributed by atoms with Crippen LogP contribution in [0.4, 0.5) is 0 Å². The van der Waals surface area contributed by atoms with E-state index in [0.717, 1.165) is 5.56 Å². The van der Waals surface area contributed by atoms with Crippen molar-refractivity contribution in [1.82, 2.24) is 5.43 Å². The fourth-order valence-corrected chi connectivity index (χ4v) is 2.29. The van der Waals surface area contributed by atoms with E-state index in [1.54, 1.807) is 31.2 Å². The van der Waals surface area contributed by atoms with Crippen molar-refractivity contribution in [2.75, 3.05) is 0 Å². The zero-order chi connectivity index (χ0) is 13.8. The van der Waals surface area contributed by atoms with Gasteiger partial charge in [-0.2, -0.15) is 5.10 Å². The van der Waals surface area contributed by atoms with Crippen LogP contribution in [0.25, 0.3) is 0 Å². The molecule has 1 heterocycles. The Morgan fingerprint density at radius 3 is 2.68 bits per heavy atom. The third-order valence-corrected chi connectivity index (χ3v) is 4.02. The molecule has 98 valence electrons. The van der Waals surface area contributed by atoms with Gasteiger partial charge in [-0.15, -0.1) is 11.3 Å². The summed E-state index contributed by atoms with van der Waals surface area (Å²) in [6.45, 7) is 1.79. The molecule has 0 radical (unpaired) electrons. The monoisotopic (exact) mass is 312 g/mol. The first-order chi connectivity index (χ1) is 9.08. The number of carbonyl (C=O) groups is 1. The molecule has 0 aliphatic rings. The summed E-state index contributed by atoms with van der Waals surface area (Å²) >= 11 is 13.1. The third kappa shape index (κ3) is 3.56. The average molecular weight is 313 g/mol. The van der Waals surface area contributed by atoms with Gasteiger partial charge in [-0.1, -0.05) is 35.3 Å². The molecule has 0 bridgehead atoms. The summed E-state index contributed by atoms with van der Waals surface area (Å²) in [6, 6.07) is 8.75. The van der Waals surface area contributed by atoms with E-state index in [9.17, 15) is 4.79 Å². The Bertz CT molecular complexity index is 624. The Balaban J connectivity index is 2.10. The quantitative estimate of drug-likeness (QED) is 0.669. The number of nitrogens with one attached hydrogen (secondary N) is 1. The number of rotatable bonds is 3. The van der Waals surface area contributed by atoms with Crippen LogP contribution in [0, 0.1) is 0 Å². The Kier molecular flexibility index (Phi) is 4.58. The van der Waals surface area contributed by atoms with E-state index >= 15 is 0 Å². The van der Waals surface area contributed by atoms with Crippen molar-refractivity contribution in [3.8, 4) is 0 Å². The van der Waals surface area contributed by atoms with Crippen LogP contribution in [-0.4, -0.2) is 11.6 Å². The van der Waals surface area contributed by atoms with Crippen molar-refractivity contribution < 1.29 is 4.79 Å². The Morgan fingerprint density at radius 2 is 2.05 bits per heavy atom. The fraction of sp³-hybridized carbons (Fsp3) is 0.0769. The molecule has 1 amide bonds. The van der Waals surface area contributed by atoms with Crippen molar-refractivity contribution in [2.45, 2.75) is 6.92 Å². The maximum atomic E-state index is 11.7. The molecule has 3 nitrogen and oxygen atoms in total. The second kappa shape index (κ2) is 6.19. The lowest BCUT2D eigenvalue weighted by Gasteiger charge is -2.03. The summed E-state index contributed by atoms with van der Waals surface area (Å²) in [4.78, 5) is 12.3. The van der Waals surface area contributed by atoms with E-state index in [0.29, 0.717) is 20.6 Å². The highest BCUT2D eigenvalue weighted by atomic mass is 35.5. The molecule has 2 rings (SSSR count). The molecular weight excluding hydrogens is 303 g/mol. The molecule has 0 saturated carbocycles. The number of halogens is 2. The first-order valence-corrected chi connectivity index (χ1v) is 7.05. The largest absolute Gasteiger partial charge is 0.281 e.